The molecule has 1 rings (SSSR count). The van der Waals surface area contributed by atoms with Gasteiger partial charge in [-0.05, 0) is 18.9 Å². The topological polar surface area (TPSA) is 58.6 Å². The first-order valence-electron chi connectivity index (χ1n) is 6.16. The summed E-state index contributed by atoms with van der Waals surface area (Å²) in [5.41, 5.74) is 0.938. The third-order valence-corrected chi connectivity index (χ3v) is 2.92. The van der Waals surface area contributed by atoms with E-state index in [4.69, 9.17) is 9.84 Å². The Morgan fingerprint density at radius 2 is 2.06 bits per heavy atom. The highest BCUT2D eigenvalue weighted by atomic mass is 16.5. The van der Waals surface area contributed by atoms with Crippen molar-refractivity contribution in [3.05, 3.63) is 35.9 Å². The number of rotatable bonds is 7. The molecule has 0 saturated heterocycles. The fourth-order valence-electron chi connectivity index (χ4n) is 1.78. The molecule has 0 radical (unpaired) electrons. The van der Waals surface area contributed by atoms with Gasteiger partial charge in [-0.2, -0.15) is 0 Å². The lowest BCUT2D eigenvalue weighted by molar-refractivity contribution is -0.142. The molecule has 2 atom stereocenters. The van der Waals surface area contributed by atoms with Crippen LogP contribution in [-0.4, -0.2) is 37.4 Å². The van der Waals surface area contributed by atoms with E-state index in [9.17, 15) is 4.79 Å². The summed E-state index contributed by atoms with van der Waals surface area (Å²) < 4.78 is 4.83. The SMILES string of the molecule is COC(=O)C(CNC(C)CCO)c1ccccc1. The Kier molecular flexibility index (Phi) is 6.39. The van der Waals surface area contributed by atoms with Gasteiger partial charge in [0.25, 0.3) is 0 Å². The Morgan fingerprint density at radius 3 is 2.61 bits per heavy atom. The monoisotopic (exact) mass is 251 g/mol. The number of hydrogen-bond donors (Lipinski definition) is 2. The highest BCUT2D eigenvalue weighted by Crippen LogP contribution is 2.16. The summed E-state index contributed by atoms with van der Waals surface area (Å²) in [7, 11) is 1.40. The minimum atomic E-state index is -0.308. The minimum Gasteiger partial charge on any atom is -0.469 e. The molecule has 2 N–H and O–H groups in total. The van der Waals surface area contributed by atoms with E-state index >= 15 is 0 Å². The molecule has 0 fully saturated rings. The maximum absolute atomic E-state index is 11.8. The molecule has 0 aliphatic rings. The number of hydrogen-bond acceptors (Lipinski definition) is 4. The van der Waals surface area contributed by atoms with Gasteiger partial charge in [0, 0.05) is 19.2 Å². The molecule has 4 heteroatoms. The maximum atomic E-state index is 11.8. The highest BCUT2D eigenvalue weighted by molar-refractivity contribution is 5.78. The number of methoxy groups -OCH3 is 1. The van der Waals surface area contributed by atoms with Crippen molar-refractivity contribution < 1.29 is 14.6 Å². The molecule has 2 unspecified atom stereocenters. The molecule has 0 saturated carbocycles. The molecular weight excluding hydrogens is 230 g/mol. The fourth-order valence-corrected chi connectivity index (χ4v) is 1.78. The Balaban J connectivity index is 2.66. The second-order valence-electron chi connectivity index (χ2n) is 4.31. The van der Waals surface area contributed by atoms with Gasteiger partial charge in [-0.1, -0.05) is 30.3 Å². The molecule has 0 aliphatic carbocycles. The van der Waals surface area contributed by atoms with Crippen LogP contribution in [0.25, 0.3) is 0 Å². The lowest BCUT2D eigenvalue weighted by Gasteiger charge is -2.19. The largest absolute Gasteiger partial charge is 0.469 e. The van der Waals surface area contributed by atoms with Gasteiger partial charge in [-0.15, -0.1) is 0 Å². The summed E-state index contributed by atoms with van der Waals surface area (Å²) in [6, 6.07) is 9.73. The van der Waals surface area contributed by atoms with Crippen molar-refractivity contribution in [3.63, 3.8) is 0 Å². The number of carbonyl (C=O) groups is 1. The van der Waals surface area contributed by atoms with Crippen LogP contribution in [0.4, 0.5) is 0 Å². The first-order chi connectivity index (χ1) is 8.69. The van der Waals surface area contributed by atoms with Crippen molar-refractivity contribution in [3.8, 4) is 0 Å². The number of aliphatic hydroxyl groups is 1. The standard InChI is InChI=1S/C14H21NO3/c1-11(8-9-16)15-10-13(14(17)18-2)12-6-4-3-5-7-12/h3-7,11,13,15-16H,8-10H2,1-2H3. The molecule has 0 aliphatic heterocycles. The Morgan fingerprint density at radius 1 is 1.39 bits per heavy atom. The molecule has 0 bridgehead atoms. The Labute approximate surface area is 108 Å². The molecule has 0 heterocycles. The van der Waals surface area contributed by atoms with Crippen LogP contribution in [0.5, 0.6) is 0 Å². The molecule has 0 aromatic heterocycles. The van der Waals surface area contributed by atoms with Crippen molar-refractivity contribution >= 4 is 5.97 Å². The van der Waals surface area contributed by atoms with Crippen molar-refractivity contribution in [2.45, 2.75) is 25.3 Å². The van der Waals surface area contributed by atoms with Gasteiger partial charge in [0.2, 0.25) is 0 Å². The third kappa shape index (κ3) is 4.47. The van der Waals surface area contributed by atoms with Gasteiger partial charge in [0.1, 0.15) is 0 Å². The van der Waals surface area contributed by atoms with Crippen molar-refractivity contribution in [2.75, 3.05) is 20.3 Å². The summed E-state index contributed by atoms with van der Waals surface area (Å²) in [4.78, 5) is 11.8. The molecule has 1 aromatic rings. The van der Waals surface area contributed by atoms with E-state index in [0.29, 0.717) is 13.0 Å². The first kappa shape index (κ1) is 14.7. The van der Waals surface area contributed by atoms with Gasteiger partial charge < -0.3 is 15.2 Å². The van der Waals surface area contributed by atoms with E-state index in [1.54, 1.807) is 0 Å². The number of carbonyl (C=O) groups excluding carboxylic acids is 1. The molecule has 4 nitrogen and oxygen atoms in total. The predicted octanol–water partition coefficient (Wildman–Crippen LogP) is 1.30. The van der Waals surface area contributed by atoms with Crippen LogP contribution in [0.15, 0.2) is 30.3 Å². The summed E-state index contributed by atoms with van der Waals surface area (Å²) in [6.07, 6.45) is 0.669. The van der Waals surface area contributed by atoms with Gasteiger partial charge in [0.05, 0.1) is 13.0 Å². The first-order valence-corrected chi connectivity index (χ1v) is 6.16. The van der Waals surface area contributed by atoms with Crippen LogP contribution < -0.4 is 5.32 Å². The second-order valence-corrected chi connectivity index (χ2v) is 4.31. The summed E-state index contributed by atoms with van der Waals surface area (Å²) in [5, 5.41) is 12.1. The van der Waals surface area contributed by atoms with Gasteiger partial charge >= 0.3 is 5.97 Å². The van der Waals surface area contributed by atoms with E-state index in [0.717, 1.165) is 5.56 Å². The molecule has 18 heavy (non-hydrogen) atoms. The quantitative estimate of drug-likeness (QED) is 0.717. The minimum absolute atomic E-state index is 0.141. The molecular formula is C14H21NO3. The Bertz CT molecular complexity index is 353. The van der Waals surface area contributed by atoms with Gasteiger partial charge in [-0.25, -0.2) is 0 Å². The second kappa shape index (κ2) is 7.84. The van der Waals surface area contributed by atoms with E-state index in [-0.39, 0.29) is 24.5 Å². The zero-order valence-corrected chi connectivity index (χ0v) is 10.9. The van der Waals surface area contributed by atoms with Crippen LogP contribution in [0.2, 0.25) is 0 Å². The zero-order valence-electron chi connectivity index (χ0n) is 10.9. The predicted molar refractivity (Wildman–Crippen MR) is 70.4 cm³/mol. The summed E-state index contributed by atoms with van der Waals surface area (Å²) in [5.74, 6) is -0.553. The van der Waals surface area contributed by atoms with Crippen LogP contribution >= 0.6 is 0 Å². The average Bonchev–Trinajstić information content (AvgIpc) is 2.40. The normalized spacial score (nSPS) is 13.9. The molecule has 100 valence electrons. The fraction of sp³-hybridized carbons (Fsp3) is 0.500. The van der Waals surface area contributed by atoms with Crippen molar-refractivity contribution in [1.82, 2.24) is 5.32 Å². The van der Waals surface area contributed by atoms with Crippen molar-refractivity contribution in [1.29, 1.82) is 0 Å². The number of benzene rings is 1. The Hall–Kier alpha value is -1.39. The van der Waals surface area contributed by atoms with Crippen molar-refractivity contribution in [2.24, 2.45) is 0 Å². The van der Waals surface area contributed by atoms with Crippen LogP contribution in [0, 0.1) is 0 Å². The van der Waals surface area contributed by atoms with Gasteiger partial charge in [0.15, 0.2) is 0 Å². The van der Waals surface area contributed by atoms with E-state index in [1.165, 1.54) is 7.11 Å². The van der Waals surface area contributed by atoms with Crippen LogP contribution in [0.1, 0.15) is 24.8 Å². The smallest absolute Gasteiger partial charge is 0.314 e. The number of nitrogens with one attached hydrogen (secondary N) is 1. The third-order valence-electron chi connectivity index (χ3n) is 2.92. The molecule has 0 spiro atoms. The number of ether oxygens (including phenoxy) is 1. The van der Waals surface area contributed by atoms with Crippen LogP contribution in [0.3, 0.4) is 0 Å². The average molecular weight is 251 g/mol. The summed E-state index contributed by atoms with van der Waals surface area (Å²) >= 11 is 0. The van der Waals surface area contributed by atoms with Gasteiger partial charge in [-0.3, -0.25) is 4.79 Å². The van der Waals surface area contributed by atoms with E-state index in [1.807, 2.05) is 37.3 Å². The highest BCUT2D eigenvalue weighted by Gasteiger charge is 2.21. The number of esters is 1. The summed E-state index contributed by atoms with van der Waals surface area (Å²) in [6.45, 7) is 2.63. The molecule has 0 amide bonds. The van der Waals surface area contributed by atoms with E-state index in [2.05, 4.69) is 5.32 Å². The zero-order chi connectivity index (χ0) is 13.4. The lowest BCUT2D eigenvalue weighted by atomic mass is 9.99. The van der Waals surface area contributed by atoms with Crippen LogP contribution in [-0.2, 0) is 9.53 Å². The maximum Gasteiger partial charge on any atom is 0.314 e. The molecule has 1 aromatic carbocycles. The lowest BCUT2D eigenvalue weighted by Crippen LogP contribution is -2.34. The van der Waals surface area contributed by atoms with E-state index < -0.39 is 0 Å². The number of aliphatic hydroxyl groups excluding tert-OH is 1.